The van der Waals surface area contributed by atoms with E-state index >= 15 is 0 Å². The Hall–Kier alpha value is -1.10. The van der Waals surface area contributed by atoms with E-state index in [1.54, 1.807) is 34.6 Å². The monoisotopic (exact) mass is 260 g/mol. The van der Waals surface area contributed by atoms with Gasteiger partial charge in [-0.1, -0.05) is 13.8 Å². The van der Waals surface area contributed by atoms with Crippen LogP contribution in [0.1, 0.15) is 48.0 Å². The molecule has 0 rings (SSSR count). The number of hydrogen-bond donors (Lipinski definition) is 2. The van der Waals surface area contributed by atoms with Gasteiger partial charge in [0, 0.05) is 0 Å². The van der Waals surface area contributed by atoms with E-state index in [0.717, 1.165) is 0 Å². The fourth-order valence-electron chi connectivity index (χ4n) is 1.66. The fourth-order valence-corrected chi connectivity index (χ4v) is 1.66. The van der Waals surface area contributed by atoms with E-state index < -0.39 is 29.1 Å². The molecule has 106 valence electrons. The molecule has 0 bridgehead atoms. The highest BCUT2D eigenvalue weighted by atomic mass is 16.6. The number of aliphatic carboxylic acids is 1. The Morgan fingerprint density at radius 1 is 1.17 bits per heavy atom. The van der Waals surface area contributed by atoms with Gasteiger partial charge in [-0.3, -0.25) is 4.79 Å². The Morgan fingerprint density at radius 3 is 1.89 bits per heavy atom. The second kappa shape index (κ2) is 5.69. The van der Waals surface area contributed by atoms with E-state index in [1.807, 2.05) is 0 Å². The van der Waals surface area contributed by atoms with Crippen molar-refractivity contribution in [1.29, 1.82) is 0 Å². The number of carbonyl (C=O) groups is 2. The Bertz CT molecular complexity index is 316. The molecule has 0 aromatic rings. The summed E-state index contributed by atoms with van der Waals surface area (Å²) in [6.45, 7) is 10.0. The summed E-state index contributed by atoms with van der Waals surface area (Å²) in [6, 6.07) is 0. The van der Waals surface area contributed by atoms with Crippen LogP contribution in [-0.4, -0.2) is 33.4 Å². The van der Waals surface area contributed by atoms with Crippen LogP contribution in [0.15, 0.2) is 0 Å². The minimum atomic E-state index is -2.09. The van der Waals surface area contributed by atoms with Crippen LogP contribution < -0.4 is 0 Å². The molecule has 0 aliphatic heterocycles. The number of carbonyl (C=O) groups excluding carboxylic acids is 1. The van der Waals surface area contributed by atoms with E-state index in [2.05, 4.69) is 0 Å². The van der Waals surface area contributed by atoms with Gasteiger partial charge in [0.25, 0.3) is 0 Å². The van der Waals surface area contributed by atoms with E-state index in [1.165, 1.54) is 6.92 Å². The summed E-state index contributed by atoms with van der Waals surface area (Å²) in [5, 5.41) is 19.3. The molecular weight excluding hydrogens is 236 g/mol. The van der Waals surface area contributed by atoms with E-state index in [4.69, 9.17) is 9.84 Å². The first-order chi connectivity index (χ1) is 7.90. The summed E-state index contributed by atoms with van der Waals surface area (Å²) >= 11 is 0. The van der Waals surface area contributed by atoms with Gasteiger partial charge in [-0.2, -0.15) is 0 Å². The first-order valence-corrected chi connectivity index (χ1v) is 6.08. The van der Waals surface area contributed by atoms with Crippen LogP contribution in [0.3, 0.4) is 0 Å². The molecule has 0 radical (unpaired) electrons. The first kappa shape index (κ1) is 16.9. The third kappa shape index (κ3) is 4.64. The molecule has 0 amide bonds. The lowest BCUT2D eigenvalue weighted by molar-refractivity contribution is -0.183. The van der Waals surface area contributed by atoms with Crippen LogP contribution in [0.5, 0.6) is 0 Å². The lowest BCUT2D eigenvalue weighted by Gasteiger charge is -2.32. The molecular formula is C13H24O5. The predicted octanol–water partition coefficient (Wildman–Crippen LogP) is 1.83. The molecule has 0 aromatic heterocycles. The van der Waals surface area contributed by atoms with Crippen molar-refractivity contribution in [2.75, 3.05) is 0 Å². The topological polar surface area (TPSA) is 83.8 Å². The van der Waals surface area contributed by atoms with Gasteiger partial charge >= 0.3 is 11.9 Å². The molecule has 0 spiro atoms. The minimum absolute atomic E-state index is 0.00272. The number of ether oxygens (including phenoxy) is 1. The number of aliphatic hydroxyl groups is 1. The third-order valence-electron chi connectivity index (χ3n) is 2.57. The smallest absolute Gasteiger partial charge is 0.336 e. The Kier molecular flexibility index (Phi) is 5.35. The van der Waals surface area contributed by atoms with Crippen molar-refractivity contribution in [2.45, 2.75) is 59.2 Å². The van der Waals surface area contributed by atoms with Gasteiger partial charge in [0.15, 0.2) is 5.60 Å². The van der Waals surface area contributed by atoms with E-state index in [-0.39, 0.29) is 12.3 Å². The molecule has 2 N–H and O–H groups in total. The molecule has 5 nitrogen and oxygen atoms in total. The molecule has 0 heterocycles. The van der Waals surface area contributed by atoms with Crippen LogP contribution in [-0.2, 0) is 14.3 Å². The number of rotatable bonds is 5. The Balaban J connectivity index is 5.04. The maximum absolute atomic E-state index is 11.8. The molecule has 0 aliphatic rings. The van der Waals surface area contributed by atoms with Crippen molar-refractivity contribution in [2.24, 2.45) is 11.8 Å². The molecule has 5 heteroatoms. The number of esters is 1. The number of carboxylic acid groups (broad SMARTS) is 1. The van der Waals surface area contributed by atoms with E-state index in [0.29, 0.717) is 0 Å². The van der Waals surface area contributed by atoms with Crippen LogP contribution in [0.4, 0.5) is 0 Å². The molecule has 0 aliphatic carbocycles. The molecule has 18 heavy (non-hydrogen) atoms. The highest BCUT2D eigenvalue weighted by Gasteiger charge is 2.47. The fraction of sp³-hybridized carbons (Fsp3) is 0.846. The SMILES string of the molecule is CC(C)C[C@@](O)(C(=O)O)[C@H](C)C(=O)OC(C)(C)C. The van der Waals surface area contributed by atoms with Gasteiger partial charge in [0.1, 0.15) is 5.60 Å². The lowest BCUT2D eigenvalue weighted by Crippen LogP contribution is -2.50. The van der Waals surface area contributed by atoms with Crippen molar-refractivity contribution < 1.29 is 24.5 Å². The standard InChI is InChI=1S/C13H24O5/c1-8(2)7-13(17,11(15)16)9(3)10(14)18-12(4,5)6/h8-9,17H,7H2,1-6H3,(H,15,16)/t9-,13+/m1/s1. The second-order valence-corrected chi connectivity index (χ2v) is 6.08. The Morgan fingerprint density at radius 2 is 1.61 bits per heavy atom. The number of hydrogen-bond acceptors (Lipinski definition) is 4. The molecule has 0 unspecified atom stereocenters. The Labute approximate surface area is 108 Å². The van der Waals surface area contributed by atoms with Gasteiger partial charge in [-0.05, 0) is 40.0 Å². The zero-order chi connectivity index (χ0) is 14.7. The van der Waals surface area contributed by atoms with Gasteiger partial charge in [-0.15, -0.1) is 0 Å². The first-order valence-electron chi connectivity index (χ1n) is 6.08. The van der Waals surface area contributed by atoms with E-state index in [9.17, 15) is 14.7 Å². The summed E-state index contributed by atoms with van der Waals surface area (Å²) in [4.78, 5) is 23.1. The number of carboxylic acids is 1. The average Bonchev–Trinajstić information content (AvgIpc) is 2.12. The minimum Gasteiger partial charge on any atom is -0.479 e. The highest BCUT2D eigenvalue weighted by Crippen LogP contribution is 2.28. The lowest BCUT2D eigenvalue weighted by atomic mass is 9.82. The summed E-state index contributed by atoms with van der Waals surface area (Å²) in [5.74, 6) is -3.25. The van der Waals surface area contributed by atoms with Gasteiger partial charge in [0.05, 0.1) is 5.92 Å². The summed E-state index contributed by atoms with van der Waals surface area (Å²) in [6.07, 6.45) is 0.00272. The zero-order valence-corrected chi connectivity index (χ0v) is 12.0. The van der Waals surface area contributed by atoms with Crippen LogP contribution in [0, 0.1) is 11.8 Å². The quantitative estimate of drug-likeness (QED) is 0.737. The van der Waals surface area contributed by atoms with Gasteiger partial charge in [0.2, 0.25) is 0 Å². The van der Waals surface area contributed by atoms with Crippen molar-refractivity contribution in [3.05, 3.63) is 0 Å². The van der Waals surface area contributed by atoms with Crippen LogP contribution >= 0.6 is 0 Å². The molecule has 2 atom stereocenters. The summed E-state index contributed by atoms with van der Waals surface area (Å²) in [5.41, 5.74) is -2.79. The summed E-state index contributed by atoms with van der Waals surface area (Å²) < 4.78 is 5.12. The second-order valence-electron chi connectivity index (χ2n) is 6.08. The molecule has 0 saturated heterocycles. The molecule has 0 saturated carbocycles. The van der Waals surface area contributed by atoms with Crippen molar-refractivity contribution in [3.63, 3.8) is 0 Å². The normalized spacial score (nSPS) is 17.1. The molecule has 0 aromatic carbocycles. The van der Waals surface area contributed by atoms with Crippen LogP contribution in [0.2, 0.25) is 0 Å². The third-order valence-corrected chi connectivity index (χ3v) is 2.57. The van der Waals surface area contributed by atoms with Crippen LogP contribution in [0.25, 0.3) is 0 Å². The maximum Gasteiger partial charge on any atom is 0.336 e. The highest BCUT2D eigenvalue weighted by molar-refractivity contribution is 5.86. The summed E-state index contributed by atoms with van der Waals surface area (Å²) in [7, 11) is 0. The van der Waals surface area contributed by atoms with Gasteiger partial charge in [-0.25, -0.2) is 4.79 Å². The molecule has 0 fully saturated rings. The van der Waals surface area contributed by atoms with Crippen molar-refractivity contribution in [3.8, 4) is 0 Å². The van der Waals surface area contributed by atoms with Gasteiger partial charge < -0.3 is 14.9 Å². The largest absolute Gasteiger partial charge is 0.479 e. The van der Waals surface area contributed by atoms with Crippen molar-refractivity contribution >= 4 is 11.9 Å². The average molecular weight is 260 g/mol. The zero-order valence-electron chi connectivity index (χ0n) is 12.0. The van der Waals surface area contributed by atoms with Crippen molar-refractivity contribution in [1.82, 2.24) is 0 Å². The predicted molar refractivity (Wildman–Crippen MR) is 67.0 cm³/mol. The maximum atomic E-state index is 11.8.